The summed E-state index contributed by atoms with van der Waals surface area (Å²) in [7, 11) is 1.65. The Balaban J connectivity index is 2.23. The first kappa shape index (κ1) is 14.5. The Morgan fingerprint density at radius 2 is 2.32 bits per heavy atom. The normalized spacial score (nSPS) is 18.9. The molecular weight excluding hydrogens is 280 g/mol. The van der Waals surface area contributed by atoms with Crippen molar-refractivity contribution in [2.75, 3.05) is 18.2 Å². The number of thioether (sulfide) groups is 1. The highest BCUT2D eigenvalue weighted by molar-refractivity contribution is 8.14. The summed E-state index contributed by atoms with van der Waals surface area (Å²) >= 11 is 7.87. The Bertz CT molecular complexity index is 491. The fourth-order valence-corrected chi connectivity index (χ4v) is 3.11. The molecule has 1 heterocycles. The second-order valence-corrected chi connectivity index (χ2v) is 6.05. The summed E-state index contributed by atoms with van der Waals surface area (Å²) < 4.78 is 5.36. The zero-order valence-electron chi connectivity index (χ0n) is 11.5. The standard InChI is InChI=1S/C14H19ClN2OS/c1-4-10-5-6-19-14(16-10)17-12-7-9(2)11(15)8-13(12)18-3/h7-8,10H,4-6H2,1-3H3,(H,16,17). The van der Waals surface area contributed by atoms with Crippen molar-refractivity contribution in [3.05, 3.63) is 22.7 Å². The van der Waals surface area contributed by atoms with E-state index in [-0.39, 0.29) is 0 Å². The molecule has 0 saturated carbocycles. The molecule has 0 aromatic heterocycles. The molecule has 1 atom stereocenters. The van der Waals surface area contributed by atoms with Gasteiger partial charge in [0.25, 0.3) is 0 Å². The van der Waals surface area contributed by atoms with Crippen LogP contribution in [0.25, 0.3) is 0 Å². The van der Waals surface area contributed by atoms with Gasteiger partial charge in [0.15, 0.2) is 5.17 Å². The zero-order chi connectivity index (χ0) is 13.8. The van der Waals surface area contributed by atoms with Gasteiger partial charge in [-0.05, 0) is 31.4 Å². The van der Waals surface area contributed by atoms with Crippen molar-refractivity contribution in [1.29, 1.82) is 0 Å². The molecule has 1 N–H and O–H groups in total. The molecule has 0 spiro atoms. The van der Waals surface area contributed by atoms with Gasteiger partial charge in [-0.25, -0.2) is 0 Å². The zero-order valence-corrected chi connectivity index (χ0v) is 13.1. The van der Waals surface area contributed by atoms with Gasteiger partial charge in [-0.1, -0.05) is 30.3 Å². The van der Waals surface area contributed by atoms with Gasteiger partial charge in [0, 0.05) is 16.8 Å². The van der Waals surface area contributed by atoms with E-state index in [0.29, 0.717) is 11.1 Å². The molecular formula is C14H19ClN2OS. The number of hydrogen-bond donors (Lipinski definition) is 1. The first-order chi connectivity index (χ1) is 9.13. The summed E-state index contributed by atoms with van der Waals surface area (Å²) in [6, 6.07) is 4.27. The number of halogens is 1. The highest BCUT2D eigenvalue weighted by atomic mass is 35.5. The Morgan fingerprint density at radius 1 is 1.53 bits per heavy atom. The van der Waals surface area contributed by atoms with Crippen LogP contribution in [-0.2, 0) is 0 Å². The van der Waals surface area contributed by atoms with E-state index in [1.54, 1.807) is 18.9 Å². The summed E-state index contributed by atoms with van der Waals surface area (Å²) in [4.78, 5) is 4.70. The molecule has 1 aliphatic rings. The molecule has 0 fully saturated rings. The molecule has 2 rings (SSSR count). The molecule has 1 aliphatic heterocycles. The summed E-state index contributed by atoms with van der Waals surface area (Å²) in [5.74, 6) is 1.86. The van der Waals surface area contributed by atoms with Crippen molar-refractivity contribution < 1.29 is 4.74 Å². The van der Waals surface area contributed by atoms with Crippen LogP contribution in [-0.4, -0.2) is 24.1 Å². The Morgan fingerprint density at radius 3 is 3.00 bits per heavy atom. The monoisotopic (exact) mass is 298 g/mol. The number of hydrogen-bond acceptors (Lipinski definition) is 4. The van der Waals surface area contributed by atoms with Gasteiger partial charge in [-0.15, -0.1) is 0 Å². The van der Waals surface area contributed by atoms with Crippen molar-refractivity contribution in [3.63, 3.8) is 0 Å². The van der Waals surface area contributed by atoms with Crippen LogP contribution in [0.3, 0.4) is 0 Å². The molecule has 19 heavy (non-hydrogen) atoms. The quantitative estimate of drug-likeness (QED) is 0.901. The highest BCUT2D eigenvalue weighted by Crippen LogP contribution is 2.32. The van der Waals surface area contributed by atoms with E-state index in [2.05, 4.69) is 12.2 Å². The molecule has 3 nitrogen and oxygen atoms in total. The number of anilines is 1. The predicted octanol–water partition coefficient (Wildman–Crippen LogP) is 4.34. The van der Waals surface area contributed by atoms with Crippen molar-refractivity contribution in [1.82, 2.24) is 0 Å². The summed E-state index contributed by atoms with van der Waals surface area (Å²) in [6.07, 6.45) is 2.24. The van der Waals surface area contributed by atoms with Crippen LogP contribution < -0.4 is 10.1 Å². The van der Waals surface area contributed by atoms with E-state index in [1.807, 2.05) is 19.1 Å². The van der Waals surface area contributed by atoms with Gasteiger partial charge in [0.1, 0.15) is 5.75 Å². The Kier molecular flexibility index (Phi) is 4.99. The van der Waals surface area contributed by atoms with Crippen LogP contribution >= 0.6 is 23.4 Å². The third-order valence-electron chi connectivity index (χ3n) is 3.18. The molecule has 1 aromatic carbocycles. The smallest absolute Gasteiger partial charge is 0.161 e. The lowest BCUT2D eigenvalue weighted by Crippen LogP contribution is -2.19. The van der Waals surface area contributed by atoms with Gasteiger partial charge in [0.05, 0.1) is 18.8 Å². The van der Waals surface area contributed by atoms with Crippen LogP contribution in [0.1, 0.15) is 25.3 Å². The molecule has 1 aromatic rings. The first-order valence-electron chi connectivity index (χ1n) is 6.45. The largest absolute Gasteiger partial charge is 0.495 e. The minimum absolute atomic E-state index is 0.433. The maximum Gasteiger partial charge on any atom is 0.161 e. The van der Waals surface area contributed by atoms with Crippen LogP contribution in [0.4, 0.5) is 5.69 Å². The van der Waals surface area contributed by atoms with Gasteiger partial charge < -0.3 is 10.1 Å². The van der Waals surface area contributed by atoms with Gasteiger partial charge >= 0.3 is 0 Å². The lowest BCUT2D eigenvalue weighted by Gasteiger charge is -2.20. The number of aryl methyl sites for hydroxylation is 1. The average Bonchev–Trinajstić information content (AvgIpc) is 2.43. The number of methoxy groups -OCH3 is 1. The first-order valence-corrected chi connectivity index (χ1v) is 7.82. The Labute approximate surface area is 123 Å². The number of benzene rings is 1. The van der Waals surface area contributed by atoms with Gasteiger partial charge in [0.2, 0.25) is 0 Å². The Hall–Kier alpha value is -0.870. The molecule has 0 bridgehead atoms. The maximum atomic E-state index is 6.11. The van der Waals surface area contributed by atoms with E-state index >= 15 is 0 Å². The number of rotatable bonds is 3. The number of ether oxygens (including phenoxy) is 1. The third-order valence-corrected chi connectivity index (χ3v) is 4.51. The van der Waals surface area contributed by atoms with E-state index < -0.39 is 0 Å². The molecule has 0 amide bonds. The highest BCUT2D eigenvalue weighted by Gasteiger charge is 2.16. The number of nitrogens with zero attached hydrogens (tertiary/aromatic N) is 1. The fraction of sp³-hybridized carbons (Fsp3) is 0.500. The third kappa shape index (κ3) is 3.57. The van der Waals surface area contributed by atoms with Gasteiger partial charge in [-0.3, -0.25) is 4.99 Å². The molecule has 5 heteroatoms. The second-order valence-electron chi connectivity index (χ2n) is 4.56. The summed E-state index contributed by atoms with van der Waals surface area (Å²) in [5, 5.41) is 5.05. The lowest BCUT2D eigenvalue weighted by molar-refractivity contribution is 0.417. The minimum Gasteiger partial charge on any atom is -0.495 e. The molecule has 0 aliphatic carbocycles. The van der Waals surface area contributed by atoms with Crippen molar-refractivity contribution >= 4 is 34.2 Å². The number of aliphatic imine (C=N–C) groups is 1. The maximum absolute atomic E-state index is 6.11. The van der Waals surface area contributed by atoms with E-state index in [4.69, 9.17) is 21.3 Å². The number of amidine groups is 1. The van der Waals surface area contributed by atoms with E-state index in [0.717, 1.165) is 40.8 Å². The topological polar surface area (TPSA) is 33.6 Å². The minimum atomic E-state index is 0.433. The summed E-state index contributed by atoms with van der Waals surface area (Å²) in [6.45, 7) is 4.16. The number of nitrogens with one attached hydrogen (secondary N) is 1. The summed E-state index contributed by atoms with van der Waals surface area (Å²) in [5.41, 5.74) is 1.95. The van der Waals surface area contributed by atoms with Crippen LogP contribution in [0.15, 0.2) is 17.1 Å². The van der Waals surface area contributed by atoms with Crippen LogP contribution in [0.5, 0.6) is 5.75 Å². The fourth-order valence-electron chi connectivity index (χ4n) is 1.97. The average molecular weight is 299 g/mol. The van der Waals surface area contributed by atoms with E-state index in [9.17, 15) is 0 Å². The molecule has 104 valence electrons. The van der Waals surface area contributed by atoms with Crippen molar-refractivity contribution in [3.8, 4) is 5.75 Å². The van der Waals surface area contributed by atoms with Gasteiger partial charge in [-0.2, -0.15) is 0 Å². The van der Waals surface area contributed by atoms with Crippen LogP contribution in [0.2, 0.25) is 5.02 Å². The van der Waals surface area contributed by atoms with E-state index in [1.165, 1.54) is 0 Å². The van der Waals surface area contributed by atoms with Crippen LogP contribution in [0, 0.1) is 6.92 Å². The second kappa shape index (κ2) is 6.53. The molecule has 1 unspecified atom stereocenters. The lowest BCUT2D eigenvalue weighted by atomic mass is 10.2. The van der Waals surface area contributed by atoms with Crippen molar-refractivity contribution in [2.45, 2.75) is 32.7 Å². The predicted molar refractivity (Wildman–Crippen MR) is 85.0 cm³/mol. The van der Waals surface area contributed by atoms with Crippen molar-refractivity contribution in [2.24, 2.45) is 4.99 Å². The molecule has 0 radical (unpaired) electrons. The SMILES string of the molecule is CCC1CCSC(Nc2cc(C)c(Cl)cc2OC)=N1. The molecule has 0 saturated heterocycles.